The van der Waals surface area contributed by atoms with E-state index in [1.807, 2.05) is 36.1 Å². The SMILES string of the molecule is CCN(Cc1ccccc1Cl)C(=O)C1CCNC1C. The number of nitrogens with zero attached hydrogens (tertiary/aromatic N) is 1. The summed E-state index contributed by atoms with van der Waals surface area (Å²) in [4.78, 5) is 14.4. The Morgan fingerprint density at radius 3 is 2.79 bits per heavy atom. The summed E-state index contributed by atoms with van der Waals surface area (Å²) in [5.74, 6) is 0.336. The number of nitrogens with one attached hydrogen (secondary N) is 1. The van der Waals surface area contributed by atoms with Crippen molar-refractivity contribution < 1.29 is 4.79 Å². The van der Waals surface area contributed by atoms with Gasteiger partial charge in [-0.2, -0.15) is 0 Å². The van der Waals surface area contributed by atoms with Gasteiger partial charge in [-0.05, 0) is 38.4 Å². The Morgan fingerprint density at radius 2 is 2.21 bits per heavy atom. The molecule has 1 aromatic rings. The zero-order chi connectivity index (χ0) is 13.8. The first-order chi connectivity index (χ1) is 9.13. The molecule has 1 saturated heterocycles. The molecule has 1 aromatic carbocycles. The van der Waals surface area contributed by atoms with Crippen molar-refractivity contribution in [3.05, 3.63) is 34.9 Å². The summed E-state index contributed by atoms with van der Waals surface area (Å²) in [6, 6.07) is 7.99. The zero-order valence-electron chi connectivity index (χ0n) is 11.5. The van der Waals surface area contributed by atoms with E-state index in [4.69, 9.17) is 11.6 Å². The molecule has 1 N–H and O–H groups in total. The topological polar surface area (TPSA) is 32.3 Å². The van der Waals surface area contributed by atoms with Crippen LogP contribution in [0.1, 0.15) is 25.8 Å². The summed E-state index contributed by atoms with van der Waals surface area (Å²) >= 11 is 6.17. The summed E-state index contributed by atoms with van der Waals surface area (Å²) in [6.07, 6.45) is 0.930. The van der Waals surface area contributed by atoms with Crippen LogP contribution in [-0.4, -0.2) is 29.9 Å². The van der Waals surface area contributed by atoms with Crippen molar-refractivity contribution in [2.45, 2.75) is 32.9 Å². The number of carbonyl (C=O) groups is 1. The van der Waals surface area contributed by atoms with Crippen LogP contribution in [0.25, 0.3) is 0 Å². The highest BCUT2D eigenvalue weighted by Crippen LogP contribution is 2.22. The fourth-order valence-electron chi connectivity index (χ4n) is 2.61. The van der Waals surface area contributed by atoms with Crippen LogP contribution in [0.5, 0.6) is 0 Å². The second-order valence-corrected chi connectivity index (χ2v) is 5.49. The molecule has 0 bridgehead atoms. The molecule has 1 heterocycles. The fraction of sp³-hybridized carbons (Fsp3) is 0.533. The predicted molar refractivity (Wildman–Crippen MR) is 78.1 cm³/mol. The average Bonchev–Trinajstić information content (AvgIpc) is 2.83. The van der Waals surface area contributed by atoms with Gasteiger partial charge in [-0.15, -0.1) is 0 Å². The quantitative estimate of drug-likeness (QED) is 0.920. The molecule has 0 aromatic heterocycles. The van der Waals surface area contributed by atoms with Gasteiger partial charge in [-0.3, -0.25) is 4.79 Å². The lowest BCUT2D eigenvalue weighted by atomic mass is 10.00. The van der Waals surface area contributed by atoms with Gasteiger partial charge in [-0.1, -0.05) is 29.8 Å². The van der Waals surface area contributed by atoms with Crippen molar-refractivity contribution in [3.8, 4) is 0 Å². The molecule has 2 rings (SSSR count). The second kappa shape index (κ2) is 6.40. The monoisotopic (exact) mass is 280 g/mol. The molecule has 1 aliphatic heterocycles. The molecular weight excluding hydrogens is 260 g/mol. The normalized spacial score (nSPS) is 22.5. The third-order valence-electron chi connectivity index (χ3n) is 3.85. The molecular formula is C15H21ClN2O. The molecule has 3 nitrogen and oxygen atoms in total. The minimum atomic E-state index is 0.0995. The molecule has 0 radical (unpaired) electrons. The van der Waals surface area contributed by atoms with E-state index >= 15 is 0 Å². The molecule has 2 atom stereocenters. The third kappa shape index (κ3) is 3.28. The van der Waals surface area contributed by atoms with E-state index in [9.17, 15) is 4.79 Å². The van der Waals surface area contributed by atoms with Crippen molar-refractivity contribution >= 4 is 17.5 Å². The number of hydrogen-bond acceptors (Lipinski definition) is 2. The Labute approximate surface area is 119 Å². The summed E-state index contributed by atoms with van der Waals surface area (Å²) in [6.45, 7) is 6.34. The Hall–Kier alpha value is -1.06. The smallest absolute Gasteiger partial charge is 0.227 e. The van der Waals surface area contributed by atoms with Crippen LogP contribution in [0.3, 0.4) is 0 Å². The van der Waals surface area contributed by atoms with Crippen molar-refractivity contribution in [1.82, 2.24) is 10.2 Å². The van der Waals surface area contributed by atoms with Gasteiger partial charge in [0.15, 0.2) is 0 Å². The Bertz CT molecular complexity index is 450. The highest BCUT2D eigenvalue weighted by Gasteiger charge is 2.32. The number of halogens is 1. The molecule has 0 aliphatic carbocycles. The predicted octanol–water partition coefficient (Wildman–Crippen LogP) is 2.69. The van der Waals surface area contributed by atoms with E-state index in [0.29, 0.717) is 13.1 Å². The van der Waals surface area contributed by atoms with Crippen LogP contribution in [0.2, 0.25) is 5.02 Å². The Morgan fingerprint density at radius 1 is 1.47 bits per heavy atom. The van der Waals surface area contributed by atoms with Crippen molar-refractivity contribution in [2.75, 3.05) is 13.1 Å². The van der Waals surface area contributed by atoms with Gasteiger partial charge < -0.3 is 10.2 Å². The van der Waals surface area contributed by atoms with E-state index in [-0.39, 0.29) is 17.9 Å². The molecule has 0 saturated carbocycles. The van der Waals surface area contributed by atoms with Gasteiger partial charge in [0, 0.05) is 24.2 Å². The number of amides is 1. The van der Waals surface area contributed by atoms with E-state index in [0.717, 1.165) is 23.6 Å². The van der Waals surface area contributed by atoms with Crippen LogP contribution in [0.4, 0.5) is 0 Å². The largest absolute Gasteiger partial charge is 0.338 e. The van der Waals surface area contributed by atoms with E-state index in [1.165, 1.54) is 0 Å². The minimum Gasteiger partial charge on any atom is -0.338 e. The van der Waals surface area contributed by atoms with Crippen molar-refractivity contribution in [3.63, 3.8) is 0 Å². The van der Waals surface area contributed by atoms with Crippen LogP contribution < -0.4 is 5.32 Å². The van der Waals surface area contributed by atoms with Gasteiger partial charge >= 0.3 is 0 Å². The summed E-state index contributed by atoms with van der Waals surface area (Å²) in [7, 11) is 0. The Kier molecular flexibility index (Phi) is 4.83. The summed E-state index contributed by atoms with van der Waals surface area (Å²) in [5, 5.41) is 4.06. The van der Waals surface area contributed by atoms with Gasteiger partial charge in [0.25, 0.3) is 0 Å². The average molecular weight is 281 g/mol. The number of hydrogen-bond donors (Lipinski definition) is 1. The van der Waals surface area contributed by atoms with E-state index in [1.54, 1.807) is 0 Å². The summed E-state index contributed by atoms with van der Waals surface area (Å²) < 4.78 is 0. The molecule has 104 valence electrons. The lowest BCUT2D eigenvalue weighted by Gasteiger charge is -2.26. The molecule has 19 heavy (non-hydrogen) atoms. The van der Waals surface area contributed by atoms with Gasteiger partial charge in [0.2, 0.25) is 5.91 Å². The molecule has 2 unspecified atom stereocenters. The first kappa shape index (κ1) is 14.4. The standard InChI is InChI=1S/C15H21ClN2O/c1-3-18(10-12-6-4-5-7-14(12)16)15(19)13-8-9-17-11(13)2/h4-7,11,13,17H,3,8-10H2,1-2H3. The van der Waals surface area contributed by atoms with Gasteiger partial charge in [0.1, 0.15) is 0 Å². The Balaban J connectivity index is 2.08. The number of carbonyl (C=O) groups excluding carboxylic acids is 1. The molecule has 1 amide bonds. The first-order valence-corrected chi connectivity index (χ1v) is 7.26. The second-order valence-electron chi connectivity index (χ2n) is 5.08. The summed E-state index contributed by atoms with van der Waals surface area (Å²) in [5.41, 5.74) is 1.01. The number of benzene rings is 1. The van der Waals surface area contributed by atoms with E-state index in [2.05, 4.69) is 12.2 Å². The minimum absolute atomic E-state index is 0.0995. The molecule has 1 fully saturated rings. The van der Waals surface area contributed by atoms with Gasteiger partial charge in [0.05, 0.1) is 5.92 Å². The van der Waals surface area contributed by atoms with Crippen LogP contribution in [0.15, 0.2) is 24.3 Å². The maximum atomic E-state index is 12.5. The highest BCUT2D eigenvalue weighted by atomic mass is 35.5. The molecule has 1 aliphatic rings. The van der Waals surface area contributed by atoms with Crippen LogP contribution >= 0.6 is 11.6 Å². The van der Waals surface area contributed by atoms with Crippen LogP contribution in [0, 0.1) is 5.92 Å². The molecule has 0 spiro atoms. The van der Waals surface area contributed by atoms with Crippen molar-refractivity contribution in [2.24, 2.45) is 5.92 Å². The third-order valence-corrected chi connectivity index (χ3v) is 4.22. The molecule has 4 heteroatoms. The first-order valence-electron chi connectivity index (χ1n) is 6.89. The highest BCUT2D eigenvalue weighted by molar-refractivity contribution is 6.31. The van der Waals surface area contributed by atoms with Gasteiger partial charge in [-0.25, -0.2) is 0 Å². The maximum Gasteiger partial charge on any atom is 0.227 e. The fourth-order valence-corrected chi connectivity index (χ4v) is 2.80. The lowest BCUT2D eigenvalue weighted by molar-refractivity contribution is -0.136. The number of rotatable bonds is 4. The van der Waals surface area contributed by atoms with Crippen molar-refractivity contribution in [1.29, 1.82) is 0 Å². The van der Waals surface area contributed by atoms with Crippen LogP contribution in [-0.2, 0) is 11.3 Å². The zero-order valence-corrected chi connectivity index (χ0v) is 12.3. The maximum absolute atomic E-state index is 12.5. The lowest BCUT2D eigenvalue weighted by Crippen LogP contribution is -2.39. The van der Waals surface area contributed by atoms with E-state index < -0.39 is 0 Å².